The van der Waals surface area contributed by atoms with Crippen molar-refractivity contribution in [3.8, 4) is 5.75 Å². The van der Waals surface area contributed by atoms with Crippen LogP contribution in [0.1, 0.15) is 17.2 Å². The average molecular weight is 329 g/mol. The predicted molar refractivity (Wildman–Crippen MR) is 71.1 cm³/mol. The van der Waals surface area contributed by atoms with Gasteiger partial charge in [-0.3, -0.25) is 0 Å². The summed E-state index contributed by atoms with van der Waals surface area (Å²) in [6, 6.07) is 8.02. The van der Waals surface area contributed by atoms with Gasteiger partial charge < -0.3 is 9.84 Å². The molecule has 0 aliphatic rings. The Morgan fingerprint density at radius 2 is 1.84 bits per heavy atom. The minimum absolute atomic E-state index is 0.0621. The van der Waals surface area contributed by atoms with Crippen LogP contribution in [0.3, 0.4) is 0 Å². The molecule has 0 heterocycles. The molecule has 1 N–H and O–H groups in total. The quantitative estimate of drug-likeness (QED) is 0.928. The van der Waals surface area contributed by atoms with E-state index in [4.69, 9.17) is 4.74 Å². The Hall–Kier alpha value is -1.46. The van der Waals surface area contributed by atoms with Gasteiger partial charge >= 0.3 is 0 Å². The molecule has 0 aliphatic heterocycles. The fourth-order valence-electron chi connectivity index (χ4n) is 1.81. The number of hydrogen-bond acceptors (Lipinski definition) is 2. The van der Waals surface area contributed by atoms with E-state index in [0.717, 1.165) is 6.07 Å². The van der Waals surface area contributed by atoms with Gasteiger partial charge in [-0.1, -0.05) is 22.0 Å². The van der Waals surface area contributed by atoms with Gasteiger partial charge in [0.15, 0.2) is 0 Å². The first-order valence-electron chi connectivity index (χ1n) is 5.49. The highest BCUT2D eigenvalue weighted by Crippen LogP contribution is 2.32. The zero-order valence-corrected chi connectivity index (χ0v) is 11.6. The minimum atomic E-state index is -1.29. The molecule has 0 spiro atoms. The summed E-state index contributed by atoms with van der Waals surface area (Å²) in [5.41, 5.74) is 0.246. The normalized spacial score (nSPS) is 12.3. The Morgan fingerprint density at radius 3 is 2.47 bits per heavy atom. The lowest BCUT2D eigenvalue weighted by atomic mass is 10.00. The molecule has 100 valence electrons. The summed E-state index contributed by atoms with van der Waals surface area (Å²) < 4.78 is 32.7. The molecule has 0 radical (unpaired) electrons. The van der Waals surface area contributed by atoms with Crippen LogP contribution in [0.15, 0.2) is 40.9 Å². The molecule has 2 rings (SSSR count). The van der Waals surface area contributed by atoms with Crippen LogP contribution in [0.4, 0.5) is 8.78 Å². The molecule has 0 saturated heterocycles. The van der Waals surface area contributed by atoms with Gasteiger partial charge in [0.1, 0.15) is 23.5 Å². The molecule has 1 atom stereocenters. The van der Waals surface area contributed by atoms with E-state index in [1.165, 1.54) is 31.4 Å². The van der Waals surface area contributed by atoms with Gasteiger partial charge in [-0.2, -0.15) is 0 Å². The van der Waals surface area contributed by atoms with Crippen LogP contribution in [-0.4, -0.2) is 12.2 Å². The van der Waals surface area contributed by atoms with E-state index in [0.29, 0.717) is 10.2 Å². The second-order valence-electron chi connectivity index (χ2n) is 3.95. The molecule has 0 bridgehead atoms. The van der Waals surface area contributed by atoms with Crippen LogP contribution in [0.25, 0.3) is 0 Å². The van der Waals surface area contributed by atoms with Crippen molar-refractivity contribution in [1.29, 1.82) is 0 Å². The predicted octanol–water partition coefficient (Wildman–Crippen LogP) is 3.82. The highest BCUT2D eigenvalue weighted by molar-refractivity contribution is 9.10. The van der Waals surface area contributed by atoms with Crippen LogP contribution >= 0.6 is 15.9 Å². The SMILES string of the molecule is COc1ccc(F)cc1C(O)c1ccc(Br)cc1F. The third kappa shape index (κ3) is 2.93. The van der Waals surface area contributed by atoms with E-state index in [2.05, 4.69) is 15.9 Å². The highest BCUT2D eigenvalue weighted by atomic mass is 79.9. The number of benzene rings is 2. The Kier molecular flexibility index (Phi) is 4.17. The lowest BCUT2D eigenvalue weighted by Gasteiger charge is -2.16. The topological polar surface area (TPSA) is 29.5 Å². The number of rotatable bonds is 3. The van der Waals surface area contributed by atoms with Crippen molar-refractivity contribution in [2.24, 2.45) is 0 Å². The van der Waals surface area contributed by atoms with E-state index >= 15 is 0 Å². The summed E-state index contributed by atoms with van der Waals surface area (Å²) in [5, 5.41) is 10.2. The maximum absolute atomic E-state index is 13.8. The summed E-state index contributed by atoms with van der Waals surface area (Å²) in [6.07, 6.45) is -1.29. The van der Waals surface area contributed by atoms with Crippen molar-refractivity contribution in [1.82, 2.24) is 0 Å². The number of methoxy groups -OCH3 is 1. The number of hydrogen-bond donors (Lipinski definition) is 1. The van der Waals surface area contributed by atoms with Crippen molar-refractivity contribution in [3.05, 3.63) is 63.6 Å². The molecule has 0 aliphatic carbocycles. The average Bonchev–Trinajstić information content (AvgIpc) is 2.38. The van der Waals surface area contributed by atoms with Crippen molar-refractivity contribution < 1.29 is 18.6 Å². The number of aliphatic hydroxyl groups excluding tert-OH is 1. The van der Waals surface area contributed by atoms with Crippen molar-refractivity contribution in [3.63, 3.8) is 0 Å². The molecule has 2 aromatic carbocycles. The smallest absolute Gasteiger partial charge is 0.130 e. The monoisotopic (exact) mass is 328 g/mol. The van der Waals surface area contributed by atoms with E-state index in [9.17, 15) is 13.9 Å². The maximum Gasteiger partial charge on any atom is 0.130 e. The molecule has 5 heteroatoms. The Balaban J connectivity index is 2.49. The highest BCUT2D eigenvalue weighted by Gasteiger charge is 2.19. The molecule has 2 aromatic rings. The van der Waals surface area contributed by atoms with Crippen LogP contribution in [0.5, 0.6) is 5.75 Å². The fraction of sp³-hybridized carbons (Fsp3) is 0.143. The van der Waals surface area contributed by atoms with E-state index in [-0.39, 0.29) is 11.1 Å². The van der Waals surface area contributed by atoms with Crippen LogP contribution < -0.4 is 4.74 Å². The Labute approximate surface area is 117 Å². The second-order valence-corrected chi connectivity index (χ2v) is 4.87. The third-order valence-electron chi connectivity index (χ3n) is 2.74. The third-order valence-corrected chi connectivity index (χ3v) is 3.24. The van der Waals surface area contributed by atoms with Crippen LogP contribution in [0, 0.1) is 11.6 Å². The maximum atomic E-state index is 13.8. The molecule has 2 nitrogen and oxygen atoms in total. The largest absolute Gasteiger partial charge is 0.496 e. The zero-order valence-electron chi connectivity index (χ0n) is 10.0. The lowest BCUT2D eigenvalue weighted by Crippen LogP contribution is -2.05. The summed E-state index contributed by atoms with van der Waals surface area (Å²) in [5.74, 6) is -0.795. The van der Waals surface area contributed by atoms with Gasteiger partial charge in [0.05, 0.1) is 7.11 Å². The molecule has 0 fully saturated rings. The van der Waals surface area contributed by atoms with Gasteiger partial charge in [-0.15, -0.1) is 0 Å². The molecule has 0 aromatic heterocycles. The second kappa shape index (κ2) is 5.67. The van der Waals surface area contributed by atoms with E-state index < -0.39 is 17.7 Å². The molecule has 19 heavy (non-hydrogen) atoms. The van der Waals surface area contributed by atoms with Crippen LogP contribution in [0.2, 0.25) is 0 Å². The molecular formula is C14H11BrF2O2. The van der Waals surface area contributed by atoms with Crippen molar-refractivity contribution >= 4 is 15.9 Å². The standard InChI is InChI=1S/C14H11BrF2O2/c1-19-13-5-3-9(16)7-11(13)14(18)10-4-2-8(15)6-12(10)17/h2-7,14,18H,1H3. The van der Waals surface area contributed by atoms with Gasteiger partial charge in [-0.25, -0.2) is 8.78 Å². The van der Waals surface area contributed by atoms with Gasteiger partial charge in [0, 0.05) is 15.6 Å². The number of halogens is 3. The molecular weight excluding hydrogens is 318 g/mol. The first-order chi connectivity index (χ1) is 9.02. The van der Waals surface area contributed by atoms with E-state index in [1.54, 1.807) is 6.07 Å². The summed E-state index contributed by atoms with van der Waals surface area (Å²) in [6.45, 7) is 0. The molecule has 1 unspecified atom stereocenters. The first kappa shape index (κ1) is 14.0. The summed E-state index contributed by atoms with van der Waals surface area (Å²) >= 11 is 3.14. The van der Waals surface area contributed by atoms with Gasteiger partial charge in [0.2, 0.25) is 0 Å². The van der Waals surface area contributed by atoms with Gasteiger partial charge in [0.25, 0.3) is 0 Å². The molecule has 0 amide bonds. The van der Waals surface area contributed by atoms with Crippen molar-refractivity contribution in [2.45, 2.75) is 6.10 Å². The number of ether oxygens (including phenoxy) is 1. The summed E-state index contributed by atoms with van der Waals surface area (Å²) in [7, 11) is 1.40. The number of aliphatic hydroxyl groups is 1. The lowest BCUT2D eigenvalue weighted by molar-refractivity contribution is 0.209. The fourth-order valence-corrected chi connectivity index (χ4v) is 2.14. The Bertz CT molecular complexity index is 602. The van der Waals surface area contributed by atoms with Crippen LogP contribution in [-0.2, 0) is 0 Å². The molecule has 0 saturated carbocycles. The van der Waals surface area contributed by atoms with E-state index in [1.807, 2.05) is 0 Å². The van der Waals surface area contributed by atoms with Crippen molar-refractivity contribution in [2.75, 3.05) is 7.11 Å². The first-order valence-corrected chi connectivity index (χ1v) is 6.28. The zero-order chi connectivity index (χ0) is 14.0. The minimum Gasteiger partial charge on any atom is -0.496 e. The summed E-state index contributed by atoms with van der Waals surface area (Å²) in [4.78, 5) is 0. The Morgan fingerprint density at radius 1 is 1.11 bits per heavy atom. The van der Waals surface area contributed by atoms with Gasteiger partial charge in [-0.05, 0) is 30.3 Å².